The number of aromatic nitrogens is 4. The molecule has 3 heterocycles. The summed E-state index contributed by atoms with van der Waals surface area (Å²) in [6.45, 7) is 1.95. The van der Waals surface area contributed by atoms with Crippen molar-refractivity contribution in [3.8, 4) is 6.01 Å². The number of likely N-dealkylation sites (tertiary alicyclic amines) is 1. The molecule has 2 fully saturated rings. The van der Waals surface area contributed by atoms with Gasteiger partial charge >= 0.3 is 6.01 Å². The third kappa shape index (κ3) is 2.99. The molecule has 144 valence electrons. The Morgan fingerprint density at radius 3 is 2.82 bits per heavy atom. The number of rotatable bonds is 4. The van der Waals surface area contributed by atoms with Crippen molar-refractivity contribution < 1.29 is 9.53 Å². The first-order valence-corrected chi connectivity index (χ1v) is 9.60. The van der Waals surface area contributed by atoms with Crippen LogP contribution in [0.25, 0.3) is 5.65 Å². The molecule has 1 amide bonds. The van der Waals surface area contributed by atoms with Gasteiger partial charge in [-0.15, -0.1) is 0 Å². The van der Waals surface area contributed by atoms with Gasteiger partial charge in [0.25, 0.3) is 5.91 Å². The van der Waals surface area contributed by atoms with E-state index in [1.54, 1.807) is 16.8 Å². The minimum atomic E-state index is 0.0862. The topological polar surface area (TPSA) is 98.6 Å². The maximum Gasteiger partial charge on any atom is 0.321 e. The number of nitrogens with zero attached hydrogens (tertiary/aromatic N) is 5. The largest absolute Gasteiger partial charge is 0.458 e. The van der Waals surface area contributed by atoms with E-state index in [1.165, 1.54) is 6.33 Å². The van der Waals surface area contributed by atoms with Crippen molar-refractivity contribution in [1.29, 1.82) is 0 Å². The van der Waals surface area contributed by atoms with Crippen LogP contribution in [0, 0.1) is 11.8 Å². The first-order chi connectivity index (χ1) is 13.7. The van der Waals surface area contributed by atoms with E-state index in [0.29, 0.717) is 35.7 Å². The summed E-state index contributed by atoms with van der Waals surface area (Å²) in [5, 5.41) is 4.15. The van der Waals surface area contributed by atoms with Gasteiger partial charge in [-0.3, -0.25) is 4.79 Å². The van der Waals surface area contributed by atoms with Gasteiger partial charge in [0.15, 0.2) is 5.65 Å². The first-order valence-electron chi connectivity index (χ1n) is 9.60. The molecule has 8 nitrogen and oxygen atoms in total. The van der Waals surface area contributed by atoms with Gasteiger partial charge in [0.1, 0.15) is 12.9 Å². The van der Waals surface area contributed by atoms with E-state index in [0.717, 1.165) is 31.5 Å². The van der Waals surface area contributed by atoms with Gasteiger partial charge in [-0.05, 0) is 42.4 Å². The van der Waals surface area contributed by atoms with Crippen LogP contribution in [-0.2, 0) is 6.61 Å². The molecule has 1 aliphatic carbocycles. The number of carbonyl (C=O) groups excluding carboxylic acids is 1. The van der Waals surface area contributed by atoms with E-state index in [1.807, 2.05) is 29.2 Å². The zero-order chi connectivity index (χ0) is 19.1. The monoisotopic (exact) mass is 378 g/mol. The Morgan fingerprint density at radius 1 is 1.14 bits per heavy atom. The first kappa shape index (κ1) is 17.1. The molecule has 5 rings (SSSR count). The van der Waals surface area contributed by atoms with Gasteiger partial charge in [0.05, 0.1) is 6.20 Å². The third-order valence-electron chi connectivity index (χ3n) is 5.93. The zero-order valence-corrected chi connectivity index (χ0v) is 15.4. The normalized spacial score (nSPS) is 23.9. The number of hydrogen-bond donors (Lipinski definition) is 1. The van der Waals surface area contributed by atoms with Crippen LogP contribution in [0.5, 0.6) is 6.01 Å². The van der Waals surface area contributed by atoms with Crippen LogP contribution in [0.3, 0.4) is 0 Å². The van der Waals surface area contributed by atoms with E-state index in [-0.39, 0.29) is 11.9 Å². The van der Waals surface area contributed by atoms with Crippen LogP contribution in [0.2, 0.25) is 0 Å². The number of hydrogen-bond acceptors (Lipinski definition) is 6. The Labute approximate surface area is 162 Å². The van der Waals surface area contributed by atoms with Crippen molar-refractivity contribution in [3.05, 3.63) is 54.0 Å². The summed E-state index contributed by atoms with van der Waals surface area (Å²) in [6.07, 6.45) is 5.32. The second-order valence-electron chi connectivity index (χ2n) is 7.62. The minimum Gasteiger partial charge on any atom is -0.458 e. The fourth-order valence-corrected chi connectivity index (χ4v) is 4.38. The molecule has 0 spiro atoms. The molecule has 28 heavy (non-hydrogen) atoms. The van der Waals surface area contributed by atoms with Gasteiger partial charge in [0.2, 0.25) is 0 Å². The maximum atomic E-state index is 12.8. The van der Waals surface area contributed by atoms with Crippen molar-refractivity contribution in [2.24, 2.45) is 17.6 Å². The number of benzene rings is 1. The average Bonchev–Trinajstić information content (AvgIpc) is 3.44. The lowest BCUT2D eigenvalue weighted by Crippen LogP contribution is -2.33. The molecule has 2 N–H and O–H groups in total. The maximum absolute atomic E-state index is 12.8. The van der Waals surface area contributed by atoms with Crippen LogP contribution in [0.1, 0.15) is 28.8 Å². The molecule has 8 heteroatoms. The summed E-state index contributed by atoms with van der Waals surface area (Å²) >= 11 is 0. The highest BCUT2D eigenvalue weighted by Crippen LogP contribution is 2.37. The molecular weight excluding hydrogens is 356 g/mol. The molecule has 0 radical (unpaired) electrons. The summed E-state index contributed by atoms with van der Waals surface area (Å²) < 4.78 is 7.31. The Bertz CT molecular complexity index is 1000. The summed E-state index contributed by atoms with van der Waals surface area (Å²) in [5.41, 5.74) is 8.52. The molecule has 1 aliphatic heterocycles. The van der Waals surface area contributed by atoms with Gasteiger partial charge in [-0.25, -0.2) is 4.98 Å². The van der Waals surface area contributed by atoms with Gasteiger partial charge in [-0.1, -0.05) is 12.1 Å². The highest BCUT2D eigenvalue weighted by atomic mass is 16.5. The van der Waals surface area contributed by atoms with Gasteiger partial charge < -0.3 is 15.4 Å². The van der Waals surface area contributed by atoms with Crippen molar-refractivity contribution in [3.63, 3.8) is 0 Å². The molecule has 1 aromatic carbocycles. The summed E-state index contributed by atoms with van der Waals surface area (Å²) in [7, 11) is 0. The van der Waals surface area contributed by atoms with E-state index in [2.05, 4.69) is 15.1 Å². The molecular formula is C20H22N6O2. The van der Waals surface area contributed by atoms with Crippen molar-refractivity contribution in [2.45, 2.75) is 25.5 Å². The van der Waals surface area contributed by atoms with Crippen molar-refractivity contribution in [1.82, 2.24) is 24.5 Å². The van der Waals surface area contributed by atoms with Crippen LogP contribution < -0.4 is 10.5 Å². The van der Waals surface area contributed by atoms with E-state index < -0.39 is 0 Å². The molecule has 2 aliphatic rings. The summed E-state index contributed by atoms with van der Waals surface area (Å²) in [4.78, 5) is 23.0. The highest BCUT2D eigenvalue weighted by molar-refractivity contribution is 5.94. The Morgan fingerprint density at radius 2 is 2.00 bits per heavy atom. The lowest BCUT2D eigenvalue weighted by molar-refractivity contribution is 0.0779. The molecule has 0 bridgehead atoms. The van der Waals surface area contributed by atoms with Crippen LogP contribution in [-0.4, -0.2) is 49.5 Å². The Hall–Kier alpha value is -3.00. The Balaban J connectivity index is 1.23. The fourth-order valence-electron chi connectivity index (χ4n) is 4.38. The predicted molar refractivity (Wildman–Crippen MR) is 102 cm³/mol. The SMILES string of the molecule is NC1CCC2CN(C(=O)c3ccc(COc4ncnc5ccnn45)cc3)CC12. The number of nitrogens with two attached hydrogens (primary N) is 1. The number of fused-ring (bicyclic) bond motifs is 2. The van der Waals surface area contributed by atoms with Crippen molar-refractivity contribution in [2.75, 3.05) is 13.1 Å². The molecule has 2 aromatic heterocycles. The van der Waals surface area contributed by atoms with E-state index >= 15 is 0 Å². The molecule has 3 atom stereocenters. The van der Waals surface area contributed by atoms with Gasteiger partial charge in [0, 0.05) is 30.8 Å². The second-order valence-corrected chi connectivity index (χ2v) is 7.62. The molecule has 3 aromatic rings. The summed E-state index contributed by atoms with van der Waals surface area (Å²) in [5.74, 6) is 1.12. The number of ether oxygens (including phenoxy) is 1. The zero-order valence-electron chi connectivity index (χ0n) is 15.4. The predicted octanol–water partition coefficient (Wildman–Crippen LogP) is 1.51. The van der Waals surface area contributed by atoms with Crippen LogP contribution >= 0.6 is 0 Å². The van der Waals surface area contributed by atoms with Crippen molar-refractivity contribution >= 4 is 11.6 Å². The van der Waals surface area contributed by atoms with Crippen LogP contribution in [0.15, 0.2) is 42.9 Å². The minimum absolute atomic E-state index is 0.0862. The molecule has 1 saturated carbocycles. The number of amides is 1. The molecule has 1 saturated heterocycles. The van der Waals surface area contributed by atoms with Crippen LogP contribution in [0.4, 0.5) is 0 Å². The number of carbonyl (C=O) groups is 1. The quantitative estimate of drug-likeness (QED) is 0.739. The average molecular weight is 378 g/mol. The fraction of sp³-hybridized carbons (Fsp3) is 0.400. The lowest BCUT2D eigenvalue weighted by atomic mass is 9.98. The summed E-state index contributed by atoms with van der Waals surface area (Å²) in [6, 6.07) is 9.96. The highest BCUT2D eigenvalue weighted by Gasteiger charge is 2.42. The second kappa shape index (κ2) is 6.87. The van der Waals surface area contributed by atoms with E-state index in [4.69, 9.17) is 10.5 Å². The third-order valence-corrected chi connectivity index (χ3v) is 5.93. The van der Waals surface area contributed by atoms with E-state index in [9.17, 15) is 4.79 Å². The Kier molecular flexibility index (Phi) is 4.20. The smallest absolute Gasteiger partial charge is 0.321 e. The molecule has 3 unspecified atom stereocenters. The van der Waals surface area contributed by atoms with Gasteiger partial charge in [-0.2, -0.15) is 14.6 Å². The lowest BCUT2D eigenvalue weighted by Gasteiger charge is -2.19. The standard InChI is InChI=1S/C20H22N6O2/c21-17-6-5-15-9-25(10-16(15)17)19(27)14-3-1-13(2-4-14)11-28-20-23-12-22-18-7-8-24-26(18)20/h1-4,7-8,12,15-17H,5-6,9-11,21H2.